The summed E-state index contributed by atoms with van der Waals surface area (Å²) >= 11 is 0. The van der Waals surface area contributed by atoms with Crippen LogP contribution in [0.3, 0.4) is 0 Å². The van der Waals surface area contributed by atoms with Crippen molar-refractivity contribution in [3.63, 3.8) is 0 Å². The van der Waals surface area contributed by atoms with Crippen LogP contribution in [0.25, 0.3) is 0 Å². The van der Waals surface area contributed by atoms with Gasteiger partial charge in [0.2, 0.25) is 0 Å². The van der Waals surface area contributed by atoms with Gasteiger partial charge in [-0.2, -0.15) is 0 Å². The molecular formula is C12H20N4. The predicted molar refractivity (Wildman–Crippen MR) is 68.3 cm³/mol. The highest BCUT2D eigenvalue weighted by Gasteiger charge is 2.29. The first-order valence-electron chi connectivity index (χ1n) is 6.01. The SMILES string of the molecule is CCCCN(c1ccc(N)c(N)n1)C1CC1. The smallest absolute Gasteiger partial charge is 0.149 e. The predicted octanol–water partition coefficient (Wildman–Crippen LogP) is 2.01. The fourth-order valence-electron chi connectivity index (χ4n) is 1.83. The molecule has 1 saturated carbocycles. The Kier molecular flexibility index (Phi) is 3.17. The van der Waals surface area contributed by atoms with E-state index in [1.54, 1.807) is 0 Å². The summed E-state index contributed by atoms with van der Waals surface area (Å²) in [6.07, 6.45) is 4.95. The molecule has 16 heavy (non-hydrogen) atoms. The third-order valence-electron chi connectivity index (χ3n) is 2.98. The monoisotopic (exact) mass is 220 g/mol. The molecule has 1 aromatic heterocycles. The number of hydrogen-bond donors (Lipinski definition) is 2. The van der Waals surface area contributed by atoms with Crippen LogP contribution in [0, 0.1) is 0 Å². The second-order valence-electron chi connectivity index (χ2n) is 4.42. The fourth-order valence-corrected chi connectivity index (χ4v) is 1.83. The first-order chi connectivity index (χ1) is 7.72. The molecule has 88 valence electrons. The average Bonchev–Trinajstić information content (AvgIpc) is 3.08. The zero-order valence-corrected chi connectivity index (χ0v) is 9.82. The minimum Gasteiger partial charge on any atom is -0.396 e. The molecule has 1 aromatic rings. The van der Waals surface area contributed by atoms with Crippen LogP contribution in [-0.4, -0.2) is 17.6 Å². The molecule has 1 heterocycles. The molecule has 0 aromatic carbocycles. The molecule has 1 aliphatic carbocycles. The normalized spacial score (nSPS) is 15.1. The van der Waals surface area contributed by atoms with E-state index < -0.39 is 0 Å². The zero-order valence-electron chi connectivity index (χ0n) is 9.82. The number of anilines is 3. The molecule has 0 bridgehead atoms. The summed E-state index contributed by atoms with van der Waals surface area (Å²) in [6, 6.07) is 4.49. The fraction of sp³-hybridized carbons (Fsp3) is 0.583. The van der Waals surface area contributed by atoms with Crippen LogP contribution in [0.5, 0.6) is 0 Å². The zero-order chi connectivity index (χ0) is 11.5. The summed E-state index contributed by atoms with van der Waals surface area (Å²) < 4.78 is 0. The van der Waals surface area contributed by atoms with Gasteiger partial charge in [0.1, 0.15) is 11.6 Å². The number of unbranched alkanes of at least 4 members (excludes halogenated alkanes) is 1. The second-order valence-corrected chi connectivity index (χ2v) is 4.42. The van der Waals surface area contributed by atoms with Crippen molar-refractivity contribution in [1.82, 2.24) is 4.98 Å². The molecule has 0 aliphatic heterocycles. The van der Waals surface area contributed by atoms with Crippen molar-refractivity contribution in [3.05, 3.63) is 12.1 Å². The molecule has 2 rings (SSSR count). The summed E-state index contributed by atoms with van der Waals surface area (Å²) in [5.41, 5.74) is 12.0. The number of hydrogen-bond acceptors (Lipinski definition) is 4. The van der Waals surface area contributed by atoms with Crippen molar-refractivity contribution >= 4 is 17.3 Å². The molecule has 4 nitrogen and oxygen atoms in total. The van der Waals surface area contributed by atoms with Gasteiger partial charge in [0.15, 0.2) is 0 Å². The highest BCUT2D eigenvalue weighted by atomic mass is 15.2. The lowest BCUT2D eigenvalue weighted by Gasteiger charge is -2.23. The Morgan fingerprint density at radius 2 is 2.12 bits per heavy atom. The van der Waals surface area contributed by atoms with E-state index in [1.807, 2.05) is 12.1 Å². The Balaban J connectivity index is 2.14. The summed E-state index contributed by atoms with van der Waals surface area (Å²) in [7, 11) is 0. The average molecular weight is 220 g/mol. The van der Waals surface area contributed by atoms with E-state index in [1.165, 1.54) is 25.7 Å². The van der Waals surface area contributed by atoms with Gasteiger partial charge >= 0.3 is 0 Å². The van der Waals surface area contributed by atoms with E-state index in [2.05, 4.69) is 16.8 Å². The van der Waals surface area contributed by atoms with E-state index in [9.17, 15) is 0 Å². The highest BCUT2D eigenvalue weighted by Crippen LogP contribution is 2.31. The van der Waals surface area contributed by atoms with E-state index >= 15 is 0 Å². The molecular weight excluding hydrogens is 200 g/mol. The van der Waals surface area contributed by atoms with Crippen molar-refractivity contribution in [3.8, 4) is 0 Å². The molecule has 0 radical (unpaired) electrons. The van der Waals surface area contributed by atoms with Crippen molar-refractivity contribution in [2.24, 2.45) is 0 Å². The number of pyridine rings is 1. The van der Waals surface area contributed by atoms with Crippen molar-refractivity contribution in [2.75, 3.05) is 22.9 Å². The maximum absolute atomic E-state index is 5.74. The first kappa shape index (κ1) is 11.0. The summed E-state index contributed by atoms with van der Waals surface area (Å²) in [5, 5.41) is 0. The van der Waals surface area contributed by atoms with Gasteiger partial charge in [0.25, 0.3) is 0 Å². The van der Waals surface area contributed by atoms with Gasteiger partial charge in [0, 0.05) is 12.6 Å². The molecule has 1 fully saturated rings. The molecule has 0 spiro atoms. The first-order valence-corrected chi connectivity index (χ1v) is 6.01. The standard InChI is InChI=1S/C12H20N4/c1-2-3-8-16(9-4-5-9)11-7-6-10(13)12(14)15-11/h6-7,9H,2-5,8,13H2,1H3,(H2,14,15). The summed E-state index contributed by atoms with van der Waals surface area (Å²) in [5.74, 6) is 1.42. The summed E-state index contributed by atoms with van der Waals surface area (Å²) in [4.78, 5) is 6.73. The Labute approximate surface area is 96.6 Å². The third-order valence-corrected chi connectivity index (χ3v) is 2.98. The van der Waals surface area contributed by atoms with Crippen LogP contribution in [0.2, 0.25) is 0 Å². The van der Waals surface area contributed by atoms with Gasteiger partial charge in [0.05, 0.1) is 5.69 Å². The van der Waals surface area contributed by atoms with E-state index in [0.29, 0.717) is 17.5 Å². The van der Waals surface area contributed by atoms with E-state index in [4.69, 9.17) is 11.5 Å². The van der Waals surface area contributed by atoms with Gasteiger partial charge in [-0.05, 0) is 31.4 Å². The lowest BCUT2D eigenvalue weighted by atomic mass is 10.3. The van der Waals surface area contributed by atoms with Crippen LogP contribution < -0.4 is 16.4 Å². The number of aromatic nitrogens is 1. The van der Waals surface area contributed by atoms with Gasteiger partial charge in [-0.15, -0.1) is 0 Å². The van der Waals surface area contributed by atoms with Gasteiger partial charge in [-0.1, -0.05) is 13.3 Å². The van der Waals surface area contributed by atoms with E-state index in [-0.39, 0.29) is 0 Å². The number of nitrogen functional groups attached to an aromatic ring is 2. The molecule has 0 unspecified atom stereocenters. The molecule has 0 saturated heterocycles. The van der Waals surface area contributed by atoms with Gasteiger partial charge < -0.3 is 16.4 Å². The largest absolute Gasteiger partial charge is 0.396 e. The Morgan fingerprint density at radius 1 is 1.38 bits per heavy atom. The number of nitrogens with two attached hydrogens (primary N) is 2. The second kappa shape index (κ2) is 4.60. The van der Waals surface area contributed by atoms with Crippen LogP contribution in [0.4, 0.5) is 17.3 Å². The summed E-state index contributed by atoms with van der Waals surface area (Å²) in [6.45, 7) is 3.27. The van der Waals surface area contributed by atoms with E-state index in [0.717, 1.165) is 12.4 Å². The maximum atomic E-state index is 5.74. The van der Waals surface area contributed by atoms with Crippen LogP contribution in [-0.2, 0) is 0 Å². The van der Waals surface area contributed by atoms with Crippen molar-refractivity contribution in [1.29, 1.82) is 0 Å². The highest BCUT2D eigenvalue weighted by molar-refractivity contribution is 5.62. The topological polar surface area (TPSA) is 68.2 Å². The quantitative estimate of drug-likeness (QED) is 0.796. The lowest BCUT2D eigenvalue weighted by Crippen LogP contribution is -2.27. The van der Waals surface area contributed by atoms with Crippen molar-refractivity contribution < 1.29 is 0 Å². The van der Waals surface area contributed by atoms with Crippen LogP contribution in [0.1, 0.15) is 32.6 Å². The maximum Gasteiger partial charge on any atom is 0.149 e. The Bertz CT molecular complexity index is 360. The molecule has 1 aliphatic rings. The van der Waals surface area contributed by atoms with Crippen LogP contribution >= 0.6 is 0 Å². The Hall–Kier alpha value is -1.45. The molecule has 0 amide bonds. The number of nitrogens with zero attached hydrogens (tertiary/aromatic N) is 2. The third kappa shape index (κ3) is 2.38. The molecule has 0 atom stereocenters. The molecule has 4 N–H and O–H groups in total. The van der Waals surface area contributed by atoms with Gasteiger partial charge in [-0.3, -0.25) is 0 Å². The molecule has 4 heteroatoms. The minimum atomic E-state index is 0.444. The number of rotatable bonds is 5. The Morgan fingerprint density at radius 3 is 2.69 bits per heavy atom. The minimum absolute atomic E-state index is 0.444. The van der Waals surface area contributed by atoms with Crippen LogP contribution in [0.15, 0.2) is 12.1 Å². The van der Waals surface area contributed by atoms with Gasteiger partial charge in [-0.25, -0.2) is 4.98 Å². The lowest BCUT2D eigenvalue weighted by molar-refractivity contribution is 0.705. The van der Waals surface area contributed by atoms with Crippen molar-refractivity contribution in [2.45, 2.75) is 38.6 Å².